The third kappa shape index (κ3) is 2.47. The van der Waals surface area contributed by atoms with Crippen molar-refractivity contribution in [2.24, 2.45) is 0 Å². The maximum Gasteiger partial charge on any atom is 0.417 e. The van der Waals surface area contributed by atoms with Crippen LogP contribution >= 0.6 is 0 Å². The van der Waals surface area contributed by atoms with Crippen molar-refractivity contribution >= 4 is 0 Å². The minimum absolute atomic E-state index is 0.127. The van der Waals surface area contributed by atoms with Gasteiger partial charge in [0, 0.05) is 0 Å². The van der Waals surface area contributed by atoms with Crippen LogP contribution in [-0.2, 0) is 6.18 Å². The van der Waals surface area contributed by atoms with Crippen molar-refractivity contribution in [2.45, 2.75) is 6.18 Å². The summed E-state index contributed by atoms with van der Waals surface area (Å²) in [7, 11) is 1.43. The van der Waals surface area contributed by atoms with Crippen molar-refractivity contribution in [3.63, 3.8) is 0 Å². The van der Waals surface area contributed by atoms with Gasteiger partial charge in [0.1, 0.15) is 5.75 Å². The summed E-state index contributed by atoms with van der Waals surface area (Å²) in [5.41, 5.74) is -0.0133. The molecule has 0 amide bonds. The molecule has 18 heavy (non-hydrogen) atoms. The zero-order chi connectivity index (χ0) is 13.2. The number of alkyl halides is 3. The van der Waals surface area contributed by atoms with E-state index in [-0.39, 0.29) is 5.56 Å². The smallest absolute Gasteiger partial charge is 0.417 e. The van der Waals surface area contributed by atoms with E-state index in [4.69, 9.17) is 4.74 Å². The van der Waals surface area contributed by atoms with Crippen LogP contribution in [0.4, 0.5) is 13.2 Å². The quantitative estimate of drug-likeness (QED) is 0.770. The van der Waals surface area contributed by atoms with E-state index in [2.05, 4.69) is 0 Å². The average molecular weight is 252 g/mol. The van der Waals surface area contributed by atoms with Crippen LogP contribution in [0.5, 0.6) is 5.75 Å². The molecule has 0 N–H and O–H groups in total. The van der Waals surface area contributed by atoms with Crippen LogP contribution in [0, 0.1) is 0 Å². The molecule has 0 aromatic heterocycles. The molecule has 0 aliphatic rings. The predicted octanol–water partition coefficient (Wildman–Crippen LogP) is 4.38. The predicted molar refractivity (Wildman–Crippen MR) is 63.4 cm³/mol. The highest BCUT2D eigenvalue weighted by atomic mass is 19.4. The lowest BCUT2D eigenvalue weighted by Gasteiger charge is -2.14. The van der Waals surface area contributed by atoms with Crippen LogP contribution in [0.25, 0.3) is 11.1 Å². The Bertz CT molecular complexity index is 532. The molecule has 0 saturated heterocycles. The molecule has 0 spiro atoms. The van der Waals surface area contributed by atoms with E-state index in [0.717, 1.165) is 6.07 Å². The lowest BCUT2D eigenvalue weighted by molar-refractivity contribution is -0.137. The Kier molecular flexibility index (Phi) is 3.28. The first-order valence-corrected chi connectivity index (χ1v) is 5.33. The van der Waals surface area contributed by atoms with E-state index < -0.39 is 11.7 Å². The molecule has 0 heterocycles. The fourth-order valence-electron chi connectivity index (χ4n) is 1.75. The SMILES string of the molecule is COc1ccc(C(F)(F)F)c(-c2ccccc2)c1. The summed E-state index contributed by atoms with van der Waals surface area (Å²) >= 11 is 0. The summed E-state index contributed by atoms with van der Waals surface area (Å²) in [5, 5.41) is 0. The third-order valence-electron chi connectivity index (χ3n) is 2.62. The highest BCUT2D eigenvalue weighted by molar-refractivity contribution is 5.69. The number of ether oxygens (including phenoxy) is 1. The van der Waals surface area contributed by atoms with Crippen LogP contribution in [0.3, 0.4) is 0 Å². The van der Waals surface area contributed by atoms with Crippen LogP contribution in [0.15, 0.2) is 48.5 Å². The number of rotatable bonds is 2. The monoisotopic (exact) mass is 252 g/mol. The van der Waals surface area contributed by atoms with E-state index in [0.29, 0.717) is 11.3 Å². The maximum atomic E-state index is 12.9. The van der Waals surface area contributed by atoms with Gasteiger partial charge in [0.05, 0.1) is 12.7 Å². The molecule has 0 unspecified atom stereocenters. The largest absolute Gasteiger partial charge is 0.497 e. The molecule has 0 fully saturated rings. The van der Waals surface area contributed by atoms with Crippen molar-refractivity contribution in [1.82, 2.24) is 0 Å². The van der Waals surface area contributed by atoms with Crippen LogP contribution in [0.1, 0.15) is 5.56 Å². The minimum Gasteiger partial charge on any atom is -0.497 e. The van der Waals surface area contributed by atoms with E-state index in [1.54, 1.807) is 30.3 Å². The van der Waals surface area contributed by atoms with E-state index in [1.165, 1.54) is 19.2 Å². The first-order valence-electron chi connectivity index (χ1n) is 5.33. The molecule has 2 rings (SSSR count). The second kappa shape index (κ2) is 4.72. The van der Waals surface area contributed by atoms with Gasteiger partial charge in [0.25, 0.3) is 0 Å². The summed E-state index contributed by atoms with van der Waals surface area (Å²) in [4.78, 5) is 0. The highest BCUT2D eigenvalue weighted by Crippen LogP contribution is 2.38. The van der Waals surface area contributed by atoms with Gasteiger partial charge in [-0.25, -0.2) is 0 Å². The third-order valence-corrected chi connectivity index (χ3v) is 2.62. The summed E-state index contributed by atoms with van der Waals surface area (Å²) in [6.45, 7) is 0. The van der Waals surface area contributed by atoms with Crippen LogP contribution < -0.4 is 4.74 Å². The molecule has 0 bridgehead atoms. The molecule has 0 aliphatic carbocycles. The molecule has 1 nitrogen and oxygen atoms in total. The fourth-order valence-corrected chi connectivity index (χ4v) is 1.75. The topological polar surface area (TPSA) is 9.23 Å². The molecule has 0 aliphatic heterocycles. The number of hydrogen-bond acceptors (Lipinski definition) is 1. The molecule has 2 aromatic carbocycles. The van der Waals surface area contributed by atoms with Crippen molar-refractivity contribution in [2.75, 3.05) is 7.11 Å². The zero-order valence-corrected chi connectivity index (χ0v) is 9.66. The minimum atomic E-state index is -4.38. The molecule has 4 heteroatoms. The molecular weight excluding hydrogens is 241 g/mol. The summed E-state index contributed by atoms with van der Waals surface area (Å²) in [5.74, 6) is 0.404. The van der Waals surface area contributed by atoms with Gasteiger partial charge in [-0.1, -0.05) is 30.3 Å². The van der Waals surface area contributed by atoms with Gasteiger partial charge in [-0.05, 0) is 29.3 Å². The van der Waals surface area contributed by atoms with Crippen molar-refractivity contribution in [3.05, 3.63) is 54.1 Å². The molecule has 0 saturated carbocycles. The summed E-state index contributed by atoms with van der Waals surface area (Å²) in [6, 6.07) is 12.2. The van der Waals surface area contributed by atoms with Gasteiger partial charge in [0.2, 0.25) is 0 Å². The Balaban J connectivity index is 2.62. The van der Waals surface area contributed by atoms with Gasteiger partial charge >= 0.3 is 6.18 Å². The maximum absolute atomic E-state index is 12.9. The average Bonchev–Trinajstić information content (AvgIpc) is 2.38. The molecule has 0 radical (unpaired) electrons. The van der Waals surface area contributed by atoms with Crippen molar-refractivity contribution < 1.29 is 17.9 Å². The van der Waals surface area contributed by atoms with Gasteiger partial charge in [0.15, 0.2) is 0 Å². The fraction of sp³-hybridized carbons (Fsp3) is 0.143. The van der Waals surface area contributed by atoms with Gasteiger partial charge in [-0.3, -0.25) is 0 Å². The first-order chi connectivity index (χ1) is 8.52. The zero-order valence-electron chi connectivity index (χ0n) is 9.66. The Labute approximate surface area is 103 Å². The first kappa shape index (κ1) is 12.5. The van der Waals surface area contributed by atoms with Gasteiger partial charge in [-0.2, -0.15) is 13.2 Å². The summed E-state index contributed by atoms with van der Waals surface area (Å²) in [6.07, 6.45) is -4.38. The Morgan fingerprint density at radius 1 is 0.944 bits per heavy atom. The Morgan fingerprint density at radius 3 is 2.17 bits per heavy atom. The lowest BCUT2D eigenvalue weighted by atomic mass is 9.99. The normalized spacial score (nSPS) is 11.3. The van der Waals surface area contributed by atoms with E-state index in [9.17, 15) is 13.2 Å². The lowest BCUT2D eigenvalue weighted by Crippen LogP contribution is -2.07. The number of methoxy groups -OCH3 is 1. The molecule has 2 aromatic rings. The van der Waals surface area contributed by atoms with Gasteiger partial charge in [-0.15, -0.1) is 0 Å². The van der Waals surface area contributed by atoms with Crippen LogP contribution in [-0.4, -0.2) is 7.11 Å². The molecular formula is C14H11F3O. The molecule has 0 atom stereocenters. The standard InChI is InChI=1S/C14H11F3O/c1-18-11-7-8-13(14(15,16)17)12(9-11)10-5-3-2-4-6-10/h2-9H,1H3. The number of benzene rings is 2. The van der Waals surface area contributed by atoms with Gasteiger partial charge < -0.3 is 4.74 Å². The van der Waals surface area contributed by atoms with E-state index >= 15 is 0 Å². The Morgan fingerprint density at radius 2 is 1.61 bits per heavy atom. The molecule has 94 valence electrons. The van der Waals surface area contributed by atoms with Crippen molar-refractivity contribution in [1.29, 1.82) is 0 Å². The number of halogens is 3. The second-order valence-corrected chi connectivity index (χ2v) is 3.78. The highest BCUT2D eigenvalue weighted by Gasteiger charge is 2.33. The van der Waals surface area contributed by atoms with Crippen LogP contribution in [0.2, 0.25) is 0 Å². The number of hydrogen-bond donors (Lipinski definition) is 0. The van der Waals surface area contributed by atoms with Crippen molar-refractivity contribution in [3.8, 4) is 16.9 Å². The van der Waals surface area contributed by atoms with E-state index in [1.807, 2.05) is 0 Å². The summed E-state index contributed by atoms with van der Waals surface area (Å²) < 4.78 is 43.8. The Hall–Kier alpha value is -1.97. The second-order valence-electron chi connectivity index (χ2n) is 3.78.